The number of piperazine rings is 1. The number of carboxylic acids is 1. The Morgan fingerprint density at radius 2 is 2.11 bits per heavy atom. The van der Waals surface area contributed by atoms with E-state index in [1.165, 1.54) is 0 Å². The average Bonchev–Trinajstić information content (AvgIpc) is 2.26. The fourth-order valence-corrected chi connectivity index (χ4v) is 2.01. The largest absolute Gasteiger partial charge is 0.481 e. The van der Waals surface area contributed by atoms with Crippen LogP contribution in [0.4, 0.5) is 4.79 Å². The number of carbonyl (C=O) groups is 2. The van der Waals surface area contributed by atoms with E-state index in [1.54, 1.807) is 4.90 Å². The van der Waals surface area contributed by atoms with Gasteiger partial charge in [0, 0.05) is 32.1 Å². The smallest absolute Gasteiger partial charge is 0.410 e. The maximum atomic E-state index is 11.9. The van der Waals surface area contributed by atoms with Gasteiger partial charge in [-0.3, -0.25) is 4.79 Å². The molecule has 6 heteroatoms. The molecule has 110 valence electrons. The first-order valence-corrected chi connectivity index (χ1v) is 6.71. The van der Waals surface area contributed by atoms with Crippen LogP contribution in [-0.4, -0.2) is 53.3 Å². The minimum Gasteiger partial charge on any atom is -0.481 e. The molecule has 0 bridgehead atoms. The van der Waals surface area contributed by atoms with Gasteiger partial charge in [-0.15, -0.1) is 0 Å². The minimum atomic E-state index is -0.778. The van der Waals surface area contributed by atoms with E-state index < -0.39 is 11.6 Å². The van der Waals surface area contributed by atoms with Crippen molar-refractivity contribution >= 4 is 12.1 Å². The van der Waals surface area contributed by atoms with Gasteiger partial charge in [-0.1, -0.05) is 0 Å². The zero-order valence-corrected chi connectivity index (χ0v) is 11.9. The normalized spacial score (nSPS) is 20.2. The van der Waals surface area contributed by atoms with Crippen molar-refractivity contribution in [3.63, 3.8) is 0 Å². The van der Waals surface area contributed by atoms with E-state index >= 15 is 0 Å². The Hall–Kier alpha value is -1.30. The van der Waals surface area contributed by atoms with Crippen LogP contribution >= 0.6 is 0 Å². The number of nitrogens with zero attached hydrogens (tertiary/aromatic N) is 1. The van der Waals surface area contributed by atoms with Crippen molar-refractivity contribution in [2.45, 2.75) is 51.7 Å². The van der Waals surface area contributed by atoms with Gasteiger partial charge in [0.15, 0.2) is 0 Å². The summed E-state index contributed by atoms with van der Waals surface area (Å²) in [4.78, 5) is 24.1. The molecule has 1 unspecified atom stereocenters. The first-order chi connectivity index (χ1) is 8.78. The highest BCUT2D eigenvalue weighted by atomic mass is 16.6. The van der Waals surface area contributed by atoms with E-state index in [0.717, 1.165) is 13.0 Å². The topological polar surface area (TPSA) is 78.9 Å². The number of hydrogen-bond donors (Lipinski definition) is 2. The van der Waals surface area contributed by atoms with Crippen LogP contribution < -0.4 is 5.32 Å². The fourth-order valence-electron chi connectivity index (χ4n) is 2.01. The van der Waals surface area contributed by atoms with Crippen molar-refractivity contribution in [1.82, 2.24) is 10.2 Å². The standard InChI is InChI=1S/C13H24N2O4/c1-13(2,3)19-12(18)15-8-7-14-10(9-15)5-4-6-11(16)17/h10,14H,4-9H2,1-3H3,(H,16,17). The fraction of sp³-hybridized carbons (Fsp3) is 0.846. The highest BCUT2D eigenvalue weighted by molar-refractivity contribution is 5.68. The number of rotatable bonds is 4. The summed E-state index contributed by atoms with van der Waals surface area (Å²) in [6, 6.07) is 0.153. The van der Waals surface area contributed by atoms with Gasteiger partial charge in [-0.05, 0) is 33.6 Å². The molecular formula is C13H24N2O4. The SMILES string of the molecule is CC(C)(C)OC(=O)N1CCNC(CCCC(=O)O)C1. The second-order valence-electron chi connectivity index (χ2n) is 5.86. The van der Waals surface area contributed by atoms with Gasteiger partial charge in [0.05, 0.1) is 0 Å². The molecule has 0 aromatic carbocycles. The highest BCUT2D eigenvalue weighted by Crippen LogP contribution is 2.13. The van der Waals surface area contributed by atoms with Crippen molar-refractivity contribution in [3.8, 4) is 0 Å². The maximum Gasteiger partial charge on any atom is 0.410 e. The van der Waals surface area contributed by atoms with Gasteiger partial charge >= 0.3 is 12.1 Å². The average molecular weight is 272 g/mol. The highest BCUT2D eigenvalue weighted by Gasteiger charge is 2.27. The number of nitrogens with one attached hydrogen (secondary N) is 1. The lowest BCUT2D eigenvalue weighted by Crippen LogP contribution is -2.53. The summed E-state index contributed by atoms with van der Waals surface area (Å²) in [5.74, 6) is -0.778. The monoisotopic (exact) mass is 272 g/mol. The first-order valence-electron chi connectivity index (χ1n) is 6.71. The number of carbonyl (C=O) groups excluding carboxylic acids is 1. The summed E-state index contributed by atoms with van der Waals surface area (Å²) < 4.78 is 5.33. The third kappa shape index (κ3) is 6.42. The molecule has 1 saturated heterocycles. The molecule has 1 fully saturated rings. The van der Waals surface area contributed by atoms with Gasteiger partial charge in [0.1, 0.15) is 5.60 Å². The summed E-state index contributed by atoms with van der Waals surface area (Å²) >= 11 is 0. The molecule has 0 aromatic rings. The van der Waals surface area contributed by atoms with Gasteiger partial charge in [0.2, 0.25) is 0 Å². The summed E-state index contributed by atoms with van der Waals surface area (Å²) in [6.45, 7) is 7.46. The summed E-state index contributed by atoms with van der Waals surface area (Å²) in [6.07, 6.45) is 1.25. The maximum absolute atomic E-state index is 11.9. The summed E-state index contributed by atoms with van der Waals surface area (Å²) in [5, 5.41) is 11.9. The van der Waals surface area contributed by atoms with E-state index in [2.05, 4.69) is 5.32 Å². The van der Waals surface area contributed by atoms with Crippen LogP contribution in [-0.2, 0) is 9.53 Å². The molecule has 1 amide bonds. The van der Waals surface area contributed by atoms with E-state index in [9.17, 15) is 9.59 Å². The van der Waals surface area contributed by atoms with Gasteiger partial charge in [0.25, 0.3) is 0 Å². The first kappa shape index (κ1) is 15.8. The van der Waals surface area contributed by atoms with Crippen LogP contribution in [0, 0.1) is 0 Å². The van der Waals surface area contributed by atoms with Crippen molar-refractivity contribution < 1.29 is 19.4 Å². The van der Waals surface area contributed by atoms with Crippen molar-refractivity contribution in [2.75, 3.05) is 19.6 Å². The molecule has 1 aliphatic heterocycles. The van der Waals surface area contributed by atoms with Crippen LogP contribution in [0.3, 0.4) is 0 Å². The van der Waals surface area contributed by atoms with E-state index in [-0.39, 0.29) is 18.6 Å². The number of ether oxygens (including phenoxy) is 1. The predicted octanol–water partition coefficient (Wildman–Crippen LogP) is 1.45. The number of carboxylic acid groups (broad SMARTS) is 1. The molecule has 0 saturated carbocycles. The van der Waals surface area contributed by atoms with Gasteiger partial charge in [-0.25, -0.2) is 4.79 Å². The Bertz CT molecular complexity index is 325. The van der Waals surface area contributed by atoms with Crippen molar-refractivity contribution in [3.05, 3.63) is 0 Å². The summed E-state index contributed by atoms with van der Waals surface area (Å²) in [5.41, 5.74) is -0.485. The van der Waals surface area contributed by atoms with Gasteiger partial charge < -0.3 is 20.1 Å². The molecule has 1 aliphatic rings. The molecular weight excluding hydrogens is 248 g/mol. The molecule has 0 aliphatic carbocycles. The quantitative estimate of drug-likeness (QED) is 0.810. The molecule has 2 N–H and O–H groups in total. The molecule has 1 rings (SSSR count). The Balaban J connectivity index is 2.37. The molecule has 19 heavy (non-hydrogen) atoms. The zero-order chi connectivity index (χ0) is 14.5. The number of amides is 1. The second-order valence-corrected chi connectivity index (χ2v) is 5.86. The van der Waals surface area contributed by atoms with Crippen molar-refractivity contribution in [2.24, 2.45) is 0 Å². The van der Waals surface area contributed by atoms with E-state index in [4.69, 9.17) is 9.84 Å². The lowest BCUT2D eigenvalue weighted by molar-refractivity contribution is -0.137. The van der Waals surface area contributed by atoms with Crippen LogP contribution in [0.15, 0.2) is 0 Å². The summed E-state index contributed by atoms with van der Waals surface area (Å²) in [7, 11) is 0. The molecule has 0 spiro atoms. The van der Waals surface area contributed by atoms with Crippen LogP contribution in [0.2, 0.25) is 0 Å². The molecule has 6 nitrogen and oxygen atoms in total. The van der Waals surface area contributed by atoms with E-state index in [0.29, 0.717) is 19.5 Å². The molecule has 0 aromatic heterocycles. The van der Waals surface area contributed by atoms with Gasteiger partial charge in [-0.2, -0.15) is 0 Å². The number of hydrogen-bond acceptors (Lipinski definition) is 4. The predicted molar refractivity (Wildman–Crippen MR) is 71.1 cm³/mol. The van der Waals surface area contributed by atoms with E-state index in [1.807, 2.05) is 20.8 Å². The minimum absolute atomic E-state index is 0.153. The Kier molecular flexibility index (Phi) is 5.60. The molecule has 0 radical (unpaired) electrons. The Morgan fingerprint density at radius 3 is 2.68 bits per heavy atom. The third-order valence-corrected chi connectivity index (χ3v) is 2.85. The van der Waals surface area contributed by atoms with Crippen LogP contribution in [0.25, 0.3) is 0 Å². The van der Waals surface area contributed by atoms with Crippen LogP contribution in [0.1, 0.15) is 40.0 Å². The van der Waals surface area contributed by atoms with Crippen molar-refractivity contribution in [1.29, 1.82) is 0 Å². The lowest BCUT2D eigenvalue weighted by atomic mass is 10.1. The molecule has 1 heterocycles. The second kappa shape index (κ2) is 6.75. The zero-order valence-electron chi connectivity index (χ0n) is 11.9. The lowest BCUT2D eigenvalue weighted by Gasteiger charge is -2.34. The van der Waals surface area contributed by atoms with Crippen LogP contribution in [0.5, 0.6) is 0 Å². The Labute approximate surface area is 114 Å². The third-order valence-electron chi connectivity index (χ3n) is 2.85. The Morgan fingerprint density at radius 1 is 1.42 bits per heavy atom. The number of aliphatic carboxylic acids is 1. The molecule has 1 atom stereocenters.